The van der Waals surface area contributed by atoms with Gasteiger partial charge in [0, 0.05) is 40.3 Å². The zero-order chi connectivity index (χ0) is 28.7. The van der Waals surface area contributed by atoms with E-state index in [1.54, 1.807) is 7.05 Å². The van der Waals surface area contributed by atoms with Crippen LogP contribution in [0.1, 0.15) is 54.9 Å². The summed E-state index contributed by atoms with van der Waals surface area (Å²) in [5.74, 6) is 0.664. The van der Waals surface area contributed by atoms with Gasteiger partial charge in [0.05, 0.1) is 18.3 Å². The number of carbonyl (C=O) groups is 1. The van der Waals surface area contributed by atoms with E-state index in [-0.39, 0.29) is 24.6 Å². The molecule has 1 fully saturated rings. The van der Waals surface area contributed by atoms with Gasteiger partial charge in [-0.25, -0.2) is 0 Å². The first kappa shape index (κ1) is 30.5. The normalized spacial score (nSPS) is 19.4. The first-order chi connectivity index (χ1) is 19.1. The van der Waals surface area contributed by atoms with Crippen LogP contribution in [-0.2, 0) is 45.7 Å². The van der Waals surface area contributed by atoms with Crippen LogP contribution >= 0.6 is 0 Å². The summed E-state index contributed by atoms with van der Waals surface area (Å²) < 4.78 is 28.2. The molecule has 1 unspecified atom stereocenters. The van der Waals surface area contributed by atoms with Crippen molar-refractivity contribution in [2.45, 2.75) is 70.6 Å². The molecule has 220 valence electrons. The highest BCUT2D eigenvalue weighted by molar-refractivity contribution is 7.90. The number of nitrogens with zero attached hydrogens (tertiary/aromatic N) is 2. The van der Waals surface area contributed by atoms with Gasteiger partial charge in [0.2, 0.25) is 5.91 Å². The fourth-order valence-electron chi connectivity index (χ4n) is 4.92. The maximum atomic E-state index is 12.8. The number of hydrogen-bond acceptors (Lipinski definition) is 6. The number of hydroxylamine groups is 1. The van der Waals surface area contributed by atoms with Gasteiger partial charge in [-0.15, -0.1) is 0 Å². The maximum absolute atomic E-state index is 12.8. The van der Waals surface area contributed by atoms with Crippen LogP contribution in [0.15, 0.2) is 42.5 Å². The minimum atomic E-state index is -3.61. The van der Waals surface area contributed by atoms with E-state index in [1.807, 2.05) is 19.1 Å². The van der Waals surface area contributed by atoms with E-state index in [0.29, 0.717) is 18.2 Å². The van der Waals surface area contributed by atoms with Crippen molar-refractivity contribution >= 4 is 21.8 Å². The van der Waals surface area contributed by atoms with Crippen molar-refractivity contribution in [3.63, 3.8) is 0 Å². The Morgan fingerprint density at radius 3 is 2.40 bits per heavy atom. The summed E-state index contributed by atoms with van der Waals surface area (Å²) in [5.41, 5.74) is 8.35. The smallest absolute Gasteiger partial charge is 0.303 e. The van der Waals surface area contributed by atoms with Crippen LogP contribution in [0.3, 0.4) is 0 Å². The number of anilines is 1. The quantitative estimate of drug-likeness (QED) is 0.428. The molecule has 0 aromatic heterocycles. The summed E-state index contributed by atoms with van der Waals surface area (Å²) >= 11 is 0. The maximum Gasteiger partial charge on any atom is 0.303 e. The SMILES string of the molecule is C[C@H](NCC1Cc2cccc(c2)CCCCc2cc(cc(N(C)S(=O)(=O)N(C)C)c2)CON1)C(=O)NCC1CC1. The lowest BCUT2D eigenvalue weighted by atomic mass is 9.99. The van der Waals surface area contributed by atoms with Gasteiger partial charge in [-0.1, -0.05) is 30.3 Å². The summed E-state index contributed by atoms with van der Waals surface area (Å²) in [6, 6.07) is 14.2. The average Bonchev–Trinajstić information content (AvgIpc) is 3.76. The minimum Gasteiger partial charge on any atom is -0.354 e. The van der Waals surface area contributed by atoms with Crippen molar-refractivity contribution in [1.29, 1.82) is 0 Å². The molecule has 0 saturated heterocycles. The second-order valence-corrected chi connectivity index (χ2v) is 13.6. The zero-order valence-corrected chi connectivity index (χ0v) is 25.1. The van der Waals surface area contributed by atoms with E-state index >= 15 is 0 Å². The Hall–Kier alpha value is -2.50. The molecule has 0 radical (unpaired) electrons. The number of aryl methyl sites for hydroxylation is 2. The molecule has 40 heavy (non-hydrogen) atoms. The largest absolute Gasteiger partial charge is 0.354 e. The van der Waals surface area contributed by atoms with Crippen molar-refractivity contribution in [2.75, 3.05) is 38.5 Å². The van der Waals surface area contributed by atoms with Gasteiger partial charge in [-0.3, -0.25) is 13.9 Å². The number of benzene rings is 2. The van der Waals surface area contributed by atoms with E-state index in [2.05, 4.69) is 46.4 Å². The topological polar surface area (TPSA) is 103 Å². The van der Waals surface area contributed by atoms with Crippen LogP contribution in [0.5, 0.6) is 0 Å². The number of fused-ring (bicyclic) bond motifs is 4. The molecular formula is C30H45N5O4S. The van der Waals surface area contributed by atoms with Crippen LogP contribution < -0.4 is 20.4 Å². The second-order valence-electron chi connectivity index (χ2n) is 11.4. The molecular weight excluding hydrogens is 526 g/mol. The summed E-state index contributed by atoms with van der Waals surface area (Å²) in [6.07, 6.45) is 7.04. The highest BCUT2D eigenvalue weighted by atomic mass is 32.2. The third-order valence-corrected chi connectivity index (χ3v) is 9.50. The van der Waals surface area contributed by atoms with Crippen molar-refractivity contribution in [2.24, 2.45) is 5.92 Å². The standard InChI is InChI=1S/C30H45N5O4S/c1-22(30(36)32-19-24-12-13-24)31-20-28-16-25-11-7-10-23(14-25)8-5-6-9-26-15-27(21-39-33-28)18-29(17-26)35(4)40(37,38)34(2)3/h7,10-11,14-15,17-18,22,24,28,31,33H,5-6,8-9,12-13,16,19-21H2,1-4H3,(H,32,36)/t22-,28?/m0/s1. The Labute approximate surface area is 239 Å². The summed E-state index contributed by atoms with van der Waals surface area (Å²) in [7, 11) is 1.03. The van der Waals surface area contributed by atoms with Crippen LogP contribution in [0, 0.1) is 5.92 Å². The number of hydrogen-bond donors (Lipinski definition) is 3. The Morgan fingerprint density at radius 1 is 1.00 bits per heavy atom. The number of rotatable bonds is 9. The lowest BCUT2D eigenvalue weighted by molar-refractivity contribution is -0.122. The molecule has 4 bridgehead atoms. The molecule has 10 heteroatoms. The van der Waals surface area contributed by atoms with Crippen LogP contribution in [0.4, 0.5) is 5.69 Å². The Morgan fingerprint density at radius 2 is 1.68 bits per heavy atom. The van der Waals surface area contributed by atoms with E-state index in [0.717, 1.165) is 49.8 Å². The lowest BCUT2D eigenvalue weighted by Gasteiger charge is -2.25. The van der Waals surface area contributed by atoms with E-state index in [1.165, 1.54) is 46.7 Å². The highest BCUT2D eigenvalue weighted by Crippen LogP contribution is 2.27. The third kappa shape index (κ3) is 8.75. The van der Waals surface area contributed by atoms with Gasteiger partial charge < -0.3 is 10.6 Å². The Bertz CT molecular complexity index is 1250. The first-order valence-electron chi connectivity index (χ1n) is 14.4. The molecule has 1 aliphatic carbocycles. The molecule has 1 heterocycles. The van der Waals surface area contributed by atoms with Crippen LogP contribution in [0.25, 0.3) is 0 Å². The first-order valence-corrected chi connectivity index (χ1v) is 15.8. The molecule has 1 aliphatic heterocycles. The van der Waals surface area contributed by atoms with Crippen molar-refractivity contribution < 1.29 is 18.0 Å². The summed E-state index contributed by atoms with van der Waals surface area (Å²) in [6.45, 7) is 3.48. The highest BCUT2D eigenvalue weighted by Gasteiger charge is 2.24. The number of carbonyl (C=O) groups excluding carboxylic acids is 1. The lowest BCUT2D eigenvalue weighted by Crippen LogP contribution is -2.48. The molecule has 2 atom stereocenters. The molecule has 2 aromatic carbocycles. The van der Waals surface area contributed by atoms with Crippen molar-refractivity contribution in [3.8, 4) is 0 Å². The van der Waals surface area contributed by atoms with Gasteiger partial charge in [0.15, 0.2) is 0 Å². The van der Waals surface area contributed by atoms with Gasteiger partial charge in [0.1, 0.15) is 0 Å². The fourth-order valence-corrected chi connectivity index (χ4v) is 5.78. The third-order valence-electron chi connectivity index (χ3n) is 7.68. The molecule has 2 aromatic rings. The van der Waals surface area contributed by atoms with E-state index < -0.39 is 10.2 Å². The van der Waals surface area contributed by atoms with E-state index in [4.69, 9.17) is 4.84 Å². The predicted octanol–water partition coefficient (Wildman–Crippen LogP) is 2.94. The van der Waals surface area contributed by atoms with Crippen molar-refractivity contribution in [1.82, 2.24) is 20.4 Å². The van der Waals surface area contributed by atoms with Crippen molar-refractivity contribution in [3.05, 3.63) is 64.7 Å². The fraction of sp³-hybridized carbons (Fsp3) is 0.567. The average molecular weight is 572 g/mol. The molecule has 1 saturated carbocycles. The zero-order valence-electron chi connectivity index (χ0n) is 24.3. The second kappa shape index (κ2) is 13.9. The van der Waals surface area contributed by atoms with Crippen LogP contribution in [-0.4, -0.2) is 64.9 Å². The van der Waals surface area contributed by atoms with Gasteiger partial charge in [0.25, 0.3) is 0 Å². The van der Waals surface area contributed by atoms with Gasteiger partial charge in [-0.2, -0.15) is 18.2 Å². The molecule has 3 N–H and O–H groups in total. The molecule has 2 aliphatic rings. The monoisotopic (exact) mass is 571 g/mol. The Balaban J connectivity index is 1.49. The molecule has 1 amide bonds. The number of amides is 1. The van der Waals surface area contributed by atoms with E-state index in [9.17, 15) is 13.2 Å². The molecule has 0 spiro atoms. The number of nitrogens with one attached hydrogen (secondary N) is 3. The minimum absolute atomic E-state index is 0.0214. The summed E-state index contributed by atoms with van der Waals surface area (Å²) in [5, 5.41) is 6.42. The summed E-state index contributed by atoms with van der Waals surface area (Å²) in [4.78, 5) is 18.5. The molecule has 9 nitrogen and oxygen atoms in total. The van der Waals surface area contributed by atoms with Crippen LogP contribution in [0.2, 0.25) is 0 Å². The Kier molecular flexibility index (Phi) is 10.6. The predicted molar refractivity (Wildman–Crippen MR) is 159 cm³/mol. The van der Waals surface area contributed by atoms with Gasteiger partial charge in [-0.05, 0) is 92.2 Å². The molecule has 4 rings (SSSR count). The van der Waals surface area contributed by atoms with Gasteiger partial charge >= 0.3 is 10.2 Å².